The van der Waals surface area contributed by atoms with Crippen LogP contribution in [0.4, 0.5) is 4.79 Å². The number of carbonyl (C=O) groups excluding carboxylic acids is 1. The molecule has 0 spiro atoms. The van der Waals surface area contributed by atoms with Crippen molar-refractivity contribution in [2.45, 2.75) is 38.6 Å². The topological polar surface area (TPSA) is 67.2 Å². The molecular formula is C8H17N3O. The van der Waals surface area contributed by atoms with Crippen LogP contribution < -0.4 is 16.6 Å². The molecule has 2 amide bonds. The molecule has 4 heteroatoms. The maximum absolute atomic E-state index is 10.9. The summed E-state index contributed by atoms with van der Waals surface area (Å²) < 4.78 is 0. The zero-order valence-electron chi connectivity index (χ0n) is 7.47. The summed E-state index contributed by atoms with van der Waals surface area (Å²) >= 11 is 0. The second kappa shape index (κ2) is 4.30. The van der Waals surface area contributed by atoms with Crippen molar-refractivity contribution in [3.63, 3.8) is 0 Å². The number of nitrogens with two attached hydrogens (primary N) is 1. The summed E-state index contributed by atoms with van der Waals surface area (Å²) in [5, 5.41) is 2.84. The number of amides is 2. The maximum atomic E-state index is 10.9. The van der Waals surface area contributed by atoms with Crippen LogP contribution in [0.5, 0.6) is 0 Å². The molecule has 4 N–H and O–H groups in total. The van der Waals surface area contributed by atoms with Crippen LogP contribution >= 0.6 is 0 Å². The standard InChI is InChI=1S/C8H17N3O/c1-6-4-2-3-5-7(6)10-8(12)11-9/h6-7H,2-5,9H2,1H3,(H2,10,11,12). The molecule has 0 aromatic rings. The lowest BCUT2D eigenvalue weighted by Crippen LogP contribution is -2.48. The van der Waals surface area contributed by atoms with Gasteiger partial charge in [-0.15, -0.1) is 0 Å². The van der Waals surface area contributed by atoms with Gasteiger partial charge >= 0.3 is 6.03 Å². The highest BCUT2D eigenvalue weighted by molar-refractivity contribution is 5.73. The van der Waals surface area contributed by atoms with E-state index in [1.807, 2.05) is 0 Å². The quantitative estimate of drug-likeness (QED) is 0.309. The highest BCUT2D eigenvalue weighted by Crippen LogP contribution is 2.23. The minimum atomic E-state index is -0.270. The fraction of sp³-hybridized carbons (Fsp3) is 0.875. The van der Waals surface area contributed by atoms with Crippen molar-refractivity contribution in [3.05, 3.63) is 0 Å². The molecule has 0 heterocycles. The molecular weight excluding hydrogens is 154 g/mol. The summed E-state index contributed by atoms with van der Waals surface area (Å²) in [7, 11) is 0. The summed E-state index contributed by atoms with van der Waals surface area (Å²) in [5.41, 5.74) is 2.08. The van der Waals surface area contributed by atoms with Crippen molar-refractivity contribution >= 4 is 6.03 Å². The van der Waals surface area contributed by atoms with Gasteiger partial charge in [0.25, 0.3) is 0 Å². The van der Waals surface area contributed by atoms with Crippen molar-refractivity contribution in [3.8, 4) is 0 Å². The Kier molecular flexibility index (Phi) is 3.34. The van der Waals surface area contributed by atoms with E-state index in [1.165, 1.54) is 19.3 Å². The van der Waals surface area contributed by atoms with E-state index in [9.17, 15) is 4.79 Å². The van der Waals surface area contributed by atoms with Crippen LogP contribution in [-0.4, -0.2) is 12.1 Å². The van der Waals surface area contributed by atoms with Crippen LogP contribution in [0.3, 0.4) is 0 Å². The Morgan fingerprint density at radius 1 is 1.42 bits per heavy atom. The van der Waals surface area contributed by atoms with Gasteiger partial charge in [0.1, 0.15) is 0 Å². The average Bonchev–Trinajstić information content (AvgIpc) is 2.09. The smallest absolute Gasteiger partial charge is 0.329 e. The van der Waals surface area contributed by atoms with Gasteiger partial charge in [-0.25, -0.2) is 10.6 Å². The summed E-state index contributed by atoms with van der Waals surface area (Å²) in [4.78, 5) is 10.9. The van der Waals surface area contributed by atoms with Crippen LogP contribution in [0.1, 0.15) is 32.6 Å². The first-order chi connectivity index (χ1) is 5.74. The maximum Gasteiger partial charge on any atom is 0.329 e. The molecule has 2 atom stereocenters. The van der Waals surface area contributed by atoms with E-state index in [1.54, 1.807) is 0 Å². The number of nitrogens with one attached hydrogen (secondary N) is 2. The SMILES string of the molecule is CC1CCCCC1NC(=O)NN. The number of hydrogen-bond acceptors (Lipinski definition) is 2. The molecule has 0 aromatic heterocycles. The fourth-order valence-corrected chi connectivity index (χ4v) is 1.74. The number of hydrazine groups is 1. The molecule has 1 aliphatic carbocycles. The molecule has 0 bridgehead atoms. The highest BCUT2D eigenvalue weighted by atomic mass is 16.2. The van der Waals surface area contributed by atoms with Crippen molar-refractivity contribution in [2.75, 3.05) is 0 Å². The molecule has 0 aromatic carbocycles. The summed E-state index contributed by atoms with van der Waals surface area (Å²) in [6.45, 7) is 2.17. The third-order valence-electron chi connectivity index (χ3n) is 2.56. The molecule has 70 valence electrons. The normalized spacial score (nSPS) is 29.5. The Balaban J connectivity index is 2.33. The van der Waals surface area contributed by atoms with E-state index < -0.39 is 0 Å². The summed E-state index contributed by atoms with van der Waals surface area (Å²) in [6.07, 6.45) is 4.77. The molecule has 1 saturated carbocycles. The van der Waals surface area contributed by atoms with Gasteiger partial charge in [-0.3, -0.25) is 5.43 Å². The van der Waals surface area contributed by atoms with Crippen molar-refractivity contribution in [1.82, 2.24) is 10.7 Å². The van der Waals surface area contributed by atoms with Gasteiger partial charge in [-0.2, -0.15) is 0 Å². The first-order valence-corrected chi connectivity index (χ1v) is 4.51. The van der Waals surface area contributed by atoms with Gasteiger partial charge in [-0.1, -0.05) is 19.8 Å². The van der Waals surface area contributed by atoms with E-state index in [0.29, 0.717) is 12.0 Å². The Labute approximate surface area is 72.9 Å². The monoisotopic (exact) mass is 171 g/mol. The fourth-order valence-electron chi connectivity index (χ4n) is 1.74. The van der Waals surface area contributed by atoms with Gasteiger partial charge in [0.15, 0.2) is 0 Å². The zero-order valence-corrected chi connectivity index (χ0v) is 7.47. The number of urea groups is 1. The third kappa shape index (κ3) is 2.37. The van der Waals surface area contributed by atoms with Crippen LogP contribution in [0.25, 0.3) is 0 Å². The Hall–Kier alpha value is -0.770. The second-order valence-electron chi connectivity index (χ2n) is 3.49. The molecule has 4 nitrogen and oxygen atoms in total. The van der Waals surface area contributed by atoms with Gasteiger partial charge < -0.3 is 5.32 Å². The molecule has 0 radical (unpaired) electrons. The van der Waals surface area contributed by atoms with Gasteiger partial charge in [0.05, 0.1) is 0 Å². The van der Waals surface area contributed by atoms with Gasteiger partial charge in [0.2, 0.25) is 0 Å². The van der Waals surface area contributed by atoms with Crippen molar-refractivity contribution in [2.24, 2.45) is 11.8 Å². The lowest BCUT2D eigenvalue weighted by molar-refractivity contribution is 0.222. The van der Waals surface area contributed by atoms with Gasteiger partial charge in [-0.05, 0) is 18.8 Å². The minimum Gasteiger partial charge on any atom is -0.334 e. The molecule has 1 rings (SSSR count). The van der Waals surface area contributed by atoms with E-state index in [-0.39, 0.29) is 6.03 Å². The Morgan fingerprint density at radius 3 is 2.67 bits per heavy atom. The van der Waals surface area contributed by atoms with Crippen molar-refractivity contribution in [1.29, 1.82) is 0 Å². The van der Waals surface area contributed by atoms with E-state index in [0.717, 1.165) is 6.42 Å². The van der Waals surface area contributed by atoms with Gasteiger partial charge in [0, 0.05) is 6.04 Å². The predicted octanol–water partition coefficient (Wildman–Crippen LogP) is 0.738. The molecule has 0 saturated heterocycles. The molecule has 12 heavy (non-hydrogen) atoms. The number of rotatable bonds is 1. The molecule has 1 fully saturated rings. The minimum absolute atomic E-state index is 0.270. The van der Waals surface area contributed by atoms with Crippen LogP contribution in [0.15, 0.2) is 0 Å². The third-order valence-corrected chi connectivity index (χ3v) is 2.56. The Bertz CT molecular complexity index is 160. The van der Waals surface area contributed by atoms with Crippen LogP contribution in [0.2, 0.25) is 0 Å². The Morgan fingerprint density at radius 2 is 2.08 bits per heavy atom. The molecule has 0 aliphatic heterocycles. The number of hydrogen-bond donors (Lipinski definition) is 3. The molecule has 1 aliphatic rings. The first-order valence-electron chi connectivity index (χ1n) is 4.51. The zero-order chi connectivity index (χ0) is 8.97. The van der Waals surface area contributed by atoms with E-state index >= 15 is 0 Å². The largest absolute Gasteiger partial charge is 0.334 e. The summed E-state index contributed by atoms with van der Waals surface area (Å²) in [5.74, 6) is 5.55. The second-order valence-corrected chi connectivity index (χ2v) is 3.49. The summed E-state index contributed by atoms with van der Waals surface area (Å²) in [6, 6.07) is 0.0380. The van der Waals surface area contributed by atoms with E-state index in [2.05, 4.69) is 17.7 Å². The number of carbonyl (C=O) groups is 1. The lowest BCUT2D eigenvalue weighted by Gasteiger charge is -2.29. The van der Waals surface area contributed by atoms with Crippen molar-refractivity contribution < 1.29 is 4.79 Å². The molecule has 2 unspecified atom stereocenters. The van der Waals surface area contributed by atoms with Crippen LogP contribution in [0, 0.1) is 5.92 Å². The lowest BCUT2D eigenvalue weighted by atomic mass is 9.86. The van der Waals surface area contributed by atoms with Crippen LogP contribution in [-0.2, 0) is 0 Å². The highest BCUT2D eigenvalue weighted by Gasteiger charge is 2.22. The predicted molar refractivity (Wildman–Crippen MR) is 47.3 cm³/mol. The van der Waals surface area contributed by atoms with E-state index in [4.69, 9.17) is 5.84 Å². The average molecular weight is 171 g/mol. The first kappa shape index (κ1) is 9.32.